The Balaban J connectivity index is 2.25. The summed E-state index contributed by atoms with van der Waals surface area (Å²) in [4.78, 5) is 2.08. The van der Waals surface area contributed by atoms with E-state index in [1.165, 1.54) is 0 Å². The van der Waals surface area contributed by atoms with Gasteiger partial charge in [0.05, 0.1) is 19.4 Å². The number of aromatic nitrogens is 2. The second-order valence-electron chi connectivity index (χ2n) is 4.88. The highest BCUT2D eigenvalue weighted by molar-refractivity contribution is 5.50. The van der Waals surface area contributed by atoms with Crippen LogP contribution in [-0.4, -0.2) is 29.0 Å². The number of ether oxygens (including phenoxy) is 1. The fraction of sp³-hybridized carbons (Fsp3) is 0.400. The van der Waals surface area contributed by atoms with Crippen molar-refractivity contribution in [3.8, 4) is 5.75 Å². The van der Waals surface area contributed by atoms with Gasteiger partial charge in [0, 0.05) is 26.2 Å². The highest BCUT2D eigenvalue weighted by Gasteiger charge is 2.16. The van der Waals surface area contributed by atoms with Crippen LogP contribution in [0.1, 0.15) is 16.8 Å². The first-order valence-corrected chi connectivity index (χ1v) is 6.54. The normalized spacial score (nSPS) is 10.7. The average Bonchev–Trinajstić information content (AvgIpc) is 2.72. The van der Waals surface area contributed by atoms with Crippen LogP contribution in [0.25, 0.3) is 0 Å². The monoisotopic (exact) mass is 275 g/mol. The molecule has 0 aliphatic rings. The molecule has 2 aromatic rings. The van der Waals surface area contributed by atoms with Gasteiger partial charge in [-0.05, 0) is 24.6 Å². The lowest BCUT2D eigenvalue weighted by atomic mass is 10.2. The molecule has 0 saturated carbocycles. The van der Waals surface area contributed by atoms with E-state index in [0.717, 1.165) is 34.9 Å². The van der Waals surface area contributed by atoms with Crippen molar-refractivity contribution < 1.29 is 9.84 Å². The maximum atomic E-state index is 9.51. The fourth-order valence-corrected chi connectivity index (χ4v) is 2.47. The first kappa shape index (κ1) is 14.4. The van der Waals surface area contributed by atoms with Crippen molar-refractivity contribution >= 4 is 5.82 Å². The lowest BCUT2D eigenvalue weighted by molar-refractivity contribution is 0.281. The van der Waals surface area contributed by atoms with Gasteiger partial charge in [-0.15, -0.1) is 0 Å². The molecule has 108 valence electrons. The van der Waals surface area contributed by atoms with Crippen molar-refractivity contribution in [2.45, 2.75) is 20.1 Å². The van der Waals surface area contributed by atoms with E-state index in [4.69, 9.17) is 4.74 Å². The molecule has 0 aliphatic heterocycles. The molecule has 5 heteroatoms. The maximum absolute atomic E-state index is 9.51. The lowest BCUT2D eigenvalue weighted by Gasteiger charge is -2.21. The van der Waals surface area contributed by atoms with E-state index in [-0.39, 0.29) is 6.61 Å². The summed E-state index contributed by atoms with van der Waals surface area (Å²) in [6.07, 6.45) is 0. The number of aliphatic hydroxyl groups is 1. The number of aliphatic hydroxyl groups excluding tert-OH is 1. The number of methoxy groups -OCH3 is 1. The summed E-state index contributed by atoms with van der Waals surface area (Å²) >= 11 is 0. The van der Waals surface area contributed by atoms with Gasteiger partial charge in [-0.25, -0.2) is 0 Å². The van der Waals surface area contributed by atoms with Crippen molar-refractivity contribution in [2.24, 2.45) is 7.05 Å². The molecular formula is C15H21N3O2. The number of anilines is 1. The molecule has 0 amide bonds. The van der Waals surface area contributed by atoms with Gasteiger partial charge in [0.1, 0.15) is 11.6 Å². The van der Waals surface area contributed by atoms with Crippen molar-refractivity contribution in [1.29, 1.82) is 0 Å². The van der Waals surface area contributed by atoms with Gasteiger partial charge >= 0.3 is 0 Å². The molecule has 1 heterocycles. The van der Waals surface area contributed by atoms with Gasteiger partial charge in [0.2, 0.25) is 0 Å². The number of rotatable bonds is 5. The molecule has 1 N–H and O–H groups in total. The zero-order valence-electron chi connectivity index (χ0n) is 12.4. The van der Waals surface area contributed by atoms with Crippen LogP contribution in [0.4, 0.5) is 5.82 Å². The van der Waals surface area contributed by atoms with Crippen LogP contribution in [0.15, 0.2) is 24.3 Å². The number of nitrogens with zero attached hydrogens (tertiary/aromatic N) is 3. The summed E-state index contributed by atoms with van der Waals surface area (Å²) in [6.45, 7) is 2.63. The van der Waals surface area contributed by atoms with Crippen LogP contribution < -0.4 is 9.64 Å². The molecule has 1 aromatic heterocycles. The molecule has 0 spiro atoms. The third-order valence-corrected chi connectivity index (χ3v) is 3.39. The predicted molar refractivity (Wildman–Crippen MR) is 79.0 cm³/mol. The third-order valence-electron chi connectivity index (χ3n) is 3.39. The average molecular weight is 275 g/mol. The van der Waals surface area contributed by atoms with Crippen molar-refractivity contribution in [2.75, 3.05) is 19.1 Å². The minimum Gasteiger partial charge on any atom is -0.497 e. The summed E-state index contributed by atoms with van der Waals surface area (Å²) in [6, 6.07) is 7.97. The van der Waals surface area contributed by atoms with Crippen molar-refractivity contribution in [3.05, 3.63) is 41.1 Å². The Morgan fingerprint density at radius 2 is 2.15 bits per heavy atom. The molecule has 0 unspecified atom stereocenters. The first-order valence-electron chi connectivity index (χ1n) is 6.54. The van der Waals surface area contributed by atoms with Crippen LogP contribution in [0.5, 0.6) is 5.75 Å². The van der Waals surface area contributed by atoms with Gasteiger partial charge in [0.25, 0.3) is 0 Å². The Kier molecular flexibility index (Phi) is 4.29. The van der Waals surface area contributed by atoms with E-state index in [0.29, 0.717) is 0 Å². The molecule has 0 saturated heterocycles. The second-order valence-corrected chi connectivity index (χ2v) is 4.88. The van der Waals surface area contributed by atoms with Crippen molar-refractivity contribution in [1.82, 2.24) is 9.78 Å². The van der Waals surface area contributed by atoms with E-state index >= 15 is 0 Å². The van der Waals surface area contributed by atoms with Gasteiger partial charge in [-0.3, -0.25) is 4.68 Å². The van der Waals surface area contributed by atoms with Crippen molar-refractivity contribution in [3.63, 3.8) is 0 Å². The first-order chi connectivity index (χ1) is 9.56. The minimum absolute atomic E-state index is 0.00252. The quantitative estimate of drug-likeness (QED) is 0.905. The zero-order valence-corrected chi connectivity index (χ0v) is 12.4. The highest BCUT2D eigenvalue weighted by Crippen LogP contribution is 2.24. The Bertz CT molecular complexity index is 593. The molecule has 0 radical (unpaired) electrons. The summed E-state index contributed by atoms with van der Waals surface area (Å²) in [5.74, 6) is 1.78. The molecule has 5 nitrogen and oxygen atoms in total. The van der Waals surface area contributed by atoms with E-state index in [9.17, 15) is 5.11 Å². The van der Waals surface area contributed by atoms with Crippen LogP contribution >= 0.6 is 0 Å². The number of hydrogen-bond acceptors (Lipinski definition) is 4. The predicted octanol–water partition coefficient (Wildman–Crippen LogP) is 1.87. The van der Waals surface area contributed by atoms with E-state index < -0.39 is 0 Å². The standard InChI is InChI=1S/C15H21N3O2/c1-11-14(10-19)15(18(3)16-11)17(2)9-12-6-5-7-13(8-12)20-4/h5-8,19H,9-10H2,1-4H3. The number of hydrogen-bond donors (Lipinski definition) is 1. The summed E-state index contributed by atoms with van der Waals surface area (Å²) in [5, 5.41) is 13.9. The Morgan fingerprint density at radius 1 is 1.40 bits per heavy atom. The van der Waals surface area contributed by atoms with Crippen LogP contribution in [0.3, 0.4) is 0 Å². The molecule has 0 bridgehead atoms. The zero-order chi connectivity index (χ0) is 14.7. The van der Waals surface area contributed by atoms with E-state index in [2.05, 4.69) is 16.1 Å². The number of aryl methyl sites for hydroxylation is 2. The molecule has 0 aliphatic carbocycles. The van der Waals surface area contributed by atoms with E-state index in [1.807, 2.05) is 39.2 Å². The van der Waals surface area contributed by atoms with E-state index in [1.54, 1.807) is 11.8 Å². The Morgan fingerprint density at radius 3 is 2.80 bits per heavy atom. The Hall–Kier alpha value is -2.01. The summed E-state index contributed by atoms with van der Waals surface area (Å²) < 4.78 is 7.05. The second kappa shape index (κ2) is 5.96. The van der Waals surface area contributed by atoms with Gasteiger partial charge in [-0.2, -0.15) is 5.10 Å². The summed E-state index contributed by atoms with van der Waals surface area (Å²) in [5.41, 5.74) is 2.88. The third kappa shape index (κ3) is 2.77. The number of benzene rings is 1. The fourth-order valence-electron chi connectivity index (χ4n) is 2.47. The Labute approximate surface area is 119 Å². The van der Waals surface area contributed by atoms with Gasteiger partial charge in [0.15, 0.2) is 0 Å². The summed E-state index contributed by atoms with van der Waals surface area (Å²) in [7, 11) is 5.55. The largest absolute Gasteiger partial charge is 0.497 e. The molecule has 2 rings (SSSR count). The lowest BCUT2D eigenvalue weighted by Crippen LogP contribution is -2.20. The van der Waals surface area contributed by atoms with Gasteiger partial charge in [-0.1, -0.05) is 12.1 Å². The van der Waals surface area contributed by atoms with Crippen LogP contribution in [0.2, 0.25) is 0 Å². The highest BCUT2D eigenvalue weighted by atomic mass is 16.5. The molecule has 20 heavy (non-hydrogen) atoms. The minimum atomic E-state index is -0.00252. The molecule has 0 fully saturated rings. The maximum Gasteiger partial charge on any atom is 0.132 e. The van der Waals surface area contributed by atoms with Gasteiger partial charge < -0.3 is 14.7 Å². The molecular weight excluding hydrogens is 254 g/mol. The van der Waals surface area contributed by atoms with Crippen LogP contribution in [0, 0.1) is 6.92 Å². The topological polar surface area (TPSA) is 50.5 Å². The molecule has 0 atom stereocenters. The SMILES string of the molecule is COc1cccc(CN(C)c2c(CO)c(C)nn2C)c1. The smallest absolute Gasteiger partial charge is 0.132 e. The molecule has 1 aromatic carbocycles. The van der Waals surface area contributed by atoms with Crippen LogP contribution in [-0.2, 0) is 20.2 Å².